The maximum absolute atomic E-state index is 13.6. The van der Waals surface area contributed by atoms with Crippen LogP contribution in [0.2, 0.25) is 0 Å². The Hall–Kier alpha value is -2.26. The molecule has 0 amide bonds. The Kier molecular flexibility index (Phi) is 7.69. The molecule has 0 bridgehead atoms. The molecule has 0 atom stereocenters. The standard InChI is InChI=1S/C28H34FNO/c29-23-18-16-21(17-19-23)27-24-11-8-9-13-26(24)30-28(22-14-15-22)25(27)12-7-5-3-1-2-4-6-10-20-31/h8-9,11,13,16-19,22,31H,1-7,10,12,14-15,20H2. The van der Waals surface area contributed by atoms with E-state index in [0.29, 0.717) is 12.5 Å². The zero-order valence-corrected chi connectivity index (χ0v) is 18.5. The lowest BCUT2D eigenvalue weighted by atomic mass is 9.90. The number of aliphatic hydroxyl groups excluding tert-OH is 1. The van der Waals surface area contributed by atoms with E-state index in [1.165, 1.54) is 73.6 Å². The van der Waals surface area contributed by atoms with Crippen LogP contribution in [0.5, 0.6) is 0 Å². The van der Waals surface area contributed by atoms with Gasteiger partial charge in [0.15, 0.2) is 0 Å². The van der Waals surface area contributed by atoms with Crippen LogP contribution < -0.4 is 0 Å². The normalized spacial score (nSPS) is 13.7. The summed E-state index contributed by atoms with van der Waals surface area (Å²) in [7, 11) is 0. The van der Waals surface area contributed by atoms with Crippen molar-refractivity contribution in [3.63, 3.8) is 0 Å². The van der Waals surface area contributed by atoms with Crippen LogP contribution in [-0.2, 0) is 6.42 Å². The number of benzene rings is 2. The second kappa shape index (κ2) is 10.9. The van der Waals surface area contributed by atoms with Gasteiger partial charge in [0.2, 0.25) is 0 Å². The molecule has 0 spiro atoms. The van der Waals surface area contributed by atoms with Crippen molar-refractivity contribution in [3.8, 4) is 11.1 Å². The van der Waals surface area contributed by atoms with Crippen LogP contribution in [0, 0.1) is 5.82 Å². The van der Waals surface area contributed by atoms with E-state index in [2.05, 4.69) is 24.3 Å². The van der Waals surface area contributed by atoms with Crippen LogP contribution in [0.25, 0.3) is 22.0 Å². The molecule has 1 fully saturated rings. The lowest BCUT2D eigenvalue weighted by Crippen LogP contribution is -2.02. The predicted octanol–water partition coefficient (Wildman–Crippen LogP) is 7.57. The molecule has 3 heteroatoms. The van der Waals surface area contributed by atoms with Gasteiger partial charge >= 0.3 is 0 Å². The fourth-order valence-electron chi connectivity index (χ4n) is 4.64. The van der Waals surface area contributed by atoms with Gasteiger partial charge in [-0.3, -0.25) is 4.98 Å². The van der Waals surface area contributed by atoms with Crippen LogP contribution in [-0.4, -0.2) is 16.7 Å². The summed E-state index contributed by atoms with van der Waals surface area (Å²) in [5, 5.41) is 10.1. The number of aliphatic hydroxyl groups is 1. The Labute approximate surface area is 185 Å². The van der Waals surface area contributed by atoms with Gasteiger partial charge in [0, 0.05) is 23.6 Å². The number of fused-ring (bicyclic) bond motifs is 1. The first-order valence-electron chi connectivity index (χ1n) is 12.1. The largest absolute Gasteiger partial charge is 0.396 e. The predicted molar refractivity (Wildman–Crippen MR) is 127 cm³/mol. The Balaban J connectivity index is 1.53. The van der Waals surface area contributed by atoms with Crippen molar-refractivity contribution in [2.75, 3.05) is 6.61 Å². The fourth-order valence-corrected chi connectivity index (χ4v) is 4.64. The molecule has 4 rings (SSSR count). The molecule has 0 aliphatic heterocycles. The third-order valence-electron chi connectivity index (χ3n) is 6.46. The van der Waals surface area contributed by atoms with Gasteiger partial charge in [-0.1, -0.05) is 68.9 Å². The third kappa shape index (κ3) is 5.71. The molecule has 0 saturated heterocycles. The minimum atomic E-state index is -0.190. The Bertz CT molecular complexity index is 978. The van der Waals surface area contributed by atoms with Crippen LogP contribution in [0.4, 0.5) is 4.39 Å². The van der Waals surface area contributed by atoms with Crippen molar-refractivity contribution < 1.29 is 9.50 Å². The molecule has 1 aromatic heterocycles. The molecule has 1 aliphatic rings. The zero-order valence-electron chi connectivity index (χ0n) is 18.5. The topological polar surface area (TPSA) is 33.1 Å². The van der Waals surface area contributed by atoms with Gasteiger partial charge in [0.1, 0.15) is 5.82 Å². The quantitative estimate of drug-likeness (QED) is 0.307. The van der Waals surface area contributed by atoms with Crippen molar-refractivity contribution in [2.45, 2.75) is 76.5 Å². The smallest absolute Gasteiger partial charge is 0.123 e. The Morgan fingerprint density at radius 1 is 0.806 bits per heavy atom. The summed E-state index contributed by atoms with van der Waals surface area (Å²) in [4.78, 5) is 5.10. The second-order valence-electron chi connectivity index (χ2n) is 8.95. The van der Waals surface area contributed by atoms with Gasteiger partial charge in [-0.05, 0) is 67.0 Å². The highest BCUT2D eigenvalue weighted by Gasteiger charge is 2.30. The van der Waals surface area contributed by atoms with E-state index in [1.807, 2.05) is 12.1 Å². The van der Waals surface area contributed by atoms with Gasteiger partial charge in [0.25, 0.3) is 0 Å². The van der Waals surface area contributed by atoms with Gasteiger partial charge < -0.3 is 5.11 Å². The molecule has 2 nitrogen and oxygen atoms in total. The van der Waals surface area contributed by atoms with Crippen molar-refractivity contribution in [1.82, 2.24) is 4.98 Å². The number of rotatable bonds is 12. The molecule has 1 heterocycles. The Morgan fingerprint density at radius 3 is 2.13 bits per heavy atom. The molecule has 3 aromatic rings. The molecule has 0 radical (unpaired) electrons. The average Bonchev–Trinajstić information content (AvgIpc) is 3.63. The molecular weight excluding hydrogens is 385 g/mol. The van der Waals surface area contributed by atoms with E-state index in [0.717, 1.165) is 30.3 Å². The maximum Gasteiger partial charge on any atom is 0.123 e. The zero-order chi connectivity index (χ0) is 21.5. The molecule has 164 valence electrons. The lowest BCUT2D eigenvalue weighted by Gasteiger charge is -2.18. The number of nitrogens with zero attached hydrogens (tertiary/aromatic N) is 1. The summed E-state index contributed by atoms with van der Waals surface area (Å²) in [6.45, 7) is 0.319. The van der Waals surface area contributed by atoms with Gasteiger partial charge in [0.05, 0.1) is 5.52 Å². The SMILES string of the molecule is OCCCCCCCCCCc1c(C2CC2)nc2ccccc2c1-c1ccc(F)cc1. The lowest BCUT2D eigenvalue weighted by molar-refractivity contribution is 0.282. The van der Waals surface area contributed by atoms with E-state index < -0.39 is 0 Å². The summed E-state index contributed by atoms with van der Waals surface area (Å²) in [5.41, 5.74) is 6.07. The number of hydrogen-bond acceptors (Lipinski definition) is 2. The van der Waals surface area contributed by atoms with Crippen LogP contribution in [0.1, 0.15) is 81.4 Å². The first-order chi connectivity index (χ1) is 15.3. The van der Waals surface area contributed by atoms with Crippen LogP contribution in [0.15, 0.2) is 48.5 Å². The second-order valence-corrected chi connectivity index (χ2v) is 8.95. The molecular formula is C28H34FNO. The molecule has 0 unspecified atom stereocenters. The van der Waals surface area contributed by atoms with Crippen molar-refractivity contribution in [1.29, 1.82) is 0 Å². The van der Waals surface area contributed by atoms with Crippen molar-refractivity contribution >= 4 is 10.9 Å². The average molecular weight is 420 g/mol. The van der Waals surface area contributed by atoms with Crippen molar-refractivity contribution in [2.24, 2.45) is 0 Å². The van der Waals surface area contributed by atoms with Crippen LogP contribution >= 0.6 is 0 Å². The third-order valence-corrected chi connectivity index (χ3v) is 6.46. The number of pyridine rings is 1. The van der Waals surface area contributed by atoms with Crippen molar-refractivity contribution in [3.05, 3.63) is 65.6 Å². The van der Waals surface area contributed by atoms with E-state index in [1.54, 1.807) is 12.1 Å². The van der Waals surface area contributed by atoms with E-state index >= 15 is 0 Å². The highest BCUT2D eigenvalue weighted by atomic mass is 19.1. The highest BCUT2D eigenvalue weighted by molar-refractivity contribution is 5.96. The van der Waals surface area contributed by atoms with Crippen LogP contribution in [0.3, 0.4) is 0 Å². The number of aromatic nitrogens is 1. The number of hydrogen-bond donors (Lipinski definition) is 1. The molecule has 1 N–H and O–H groups in total. The Morgan fingerprint density at radius 2 is 1.45 bits per heavy atom. The summed E-state index contributed by atoms with van der Waals surface area (Å²) >= 11 is 0. The molecule has 2 aromatic carbocycles. The first-order valence-corrected chi connectivity index (χ1v) is 12.1. The highest BCUT2D eigenvalue weighted by Crippen LogP contribution is 2.45. The van der Waals surface area contributed by atoms with E-state index in [9.17, 15) is 4.39 Å². The number of halogens is 1. The monoisotopic (exact) mass is 419 g/mol. The molecule has 1 aliphatic carbocycles. The summed E-state index contributed by atoms with van der Waals surface area (Å²) in [6, 6.07) is 15.4. The van der Waals surface area contributed by atoms with Gasteiger partial charge in [-0.15, -0.1) is 0 Å². The first kappa shape index (κ1) is 22.0. The molecule has 1 saturated carbocycles. The maximum atomic E-state index is 13.6. The summed E-state index contributed by atoms with van der Waals surface area (Å²) in [6.07, 6.45) is 13.0. The molecule has 31 heavy (non-hydrogen) atoms. The summed E-state index contributed by atoms with van der Waals surface area (Å²) < 4.78 is 13.6. The van der Waals surface area contributed by atoms with Gasteiger partial charge in [-0.25, -0.2) is 4.39 Å². The fraction of sp³-hybridized carbons (Fsp3) is 0.464. The van der Waals surface area contributed by atoms with Gasteiger partial charge in [-0.2, -0.15) is 0 Å². The van der Waals surface area contributed by atoms with E-state index in [-0.39, 0.29) is 5.82 Å². The minimum absolute atomic E-state index is 0.190. The summed E-state index contributed by atoms with van der Waals surface area (Å²) in [5.74, 6) is 0.399. The minimum Gasteiger partial charge on any atom is -0.396 e. The number of unbranched alkanes of at least 4 members (excludes halogenated alkanes) is 7. The van der Waals surface area contributed by atoms with E-state index in [4.69, 9.17) is 10.1 Å². The number of para-hydroxylation sites is 1.